The second kappa shape index (κ2) is 3.72. The van der Waals surface area contributed by atoms with Crippen molar-refractivity contribution < 1.29 is 4.79 Å². The van der Waals surface area contributed by atoms with E-state index < -0.39 is 0 Å². The van der Waals surface area contributed by atoms with Crippen LogP contribution in [0, 0.1) is 17.8 Å². The molecule has 2 rings (SSSR count). The largest absolute Gasteiger partial charge is 0.295 e. The fourth-order valence-corrected chi connectivity index (χ4v) is 2.68. The zero-order valence-electron chi connectivity index (χ0n) is 8.99. The molecule has 0 saturated carbocycles. The predicted molar refractivity (Wildman–Crippen MR) is 57.9 cm³/mol. The lowest BCUT2D eigenvalue weighted by Crippen LogP contribution is -2.26. The third-order valence-corrected chi connectivity index (χ3v) is 3.64. The van der Waals surface area contributed by atoms with Gasteiger partial charge in [-0.2, -0.15) is 0 Å². The van der Waals surface area contributed by atoms with Crippen molar-refractivity contribution in [1.82, 2.24) is 0 Å². The molecule has 0 heterocycles. The summed E-state index contributed by atoms with van der Waals surface area (Å²) in [6.07, 6.45) is 10.2. The minimum atomic E-state index is 0.269. The van der Waals surface area contributed by atoms with Crippen LogP contribution >= 0.6 is 0 Å². The summed E-state index contributed by atoms with van der Waals surface area (Å²) >= 11 is 0. The molecule has 3 atom stereocenters. The highest BCUT2D eigenvalue weighted by Crippen LogP contribution is 2.39. The van der Waals surface area contributed by atoms with E-state index in [1.54, 1.807) is 6.92 Å². The van der Waals surface area contributed by atoms with Crippen LogP contribution in [0.4, 0.5) is 0 Å². The molecule has 0 aliphatic heterocycles. The minimum Gasteiger partial charge on any atom is -0.295 e. The molecule has 0 aromatic carbocycles. The number of allylic oxidation sites excluding steroid dienone is 4. The SMILES string of the molecule is CC(=O)C1=C[C@H]2[C@H](C)CC=C[C@H]2CC1. The van der Waals surface area contributed by atoms with Crippen LogP contribution < -0.4 is 0 Å². The molecule has 0 spiro atoms. The molecule has 2 aliphatic rings. The number of rotatable bonds is 1. The standard InChI is InChI=1S/C13H18O/c1-9-4-3-5-11-6-7-12(10(2)14)8-13(9)11/h3,5,8-9,11,13H,4,6-7H2,1-2H3/t9-,11+,13+/m1/s1. The number of carbonyl (C=O) groups is 1. The Hall–Kier alpha value is -0.850. The summed E-state index contributed by atoms with van der Waals surface area (Å²) in [7, 11) is 0. The van der Waals surface area contributed by atoms with Crippen LogP contribution in [0.2, 0.25) is 0 Å². The van der Waals surface area contributed by atoms with Gasteiger partial charge in [-0.1, -0.05) is 25.2 Å². The lowest BCUT2D eigenvalue weighted by molar-refractivity contribution is -0.113. The predicted octanol–water partition coefficient (Wildman–Crippen LogP) is 3.12. The summed E-state index contributed by atoms with van der Waals surface area (Å²) in [5, 5.41) is 0. The summed E-state index contributed by atoms with van der Waals surface area (Å²) in [6.45, 7) is 3.98. The Balaban J connectivity index is 2.23. The van der Waals surface area contributed by atoms with Gasteiger partial charge in [-0.05, 0) is 49.5 Å². The highest BCUT2D eigenvalue weighted by molar-refractivity contribution is 5.93. The van der Waals surface area contributed by atoms with Gasteiger partial charge in [-0.3, -0.25) is 4.79 Å². The Morgan fingerprint density at radius 3 is 3.00 bits per heavy atom. The summed E-state index contributed by atoms with van der Waals surface area (Å²) < 4.78 is 0. The van der Waals surface area contributed by atoms with E-state index in [-0.39, 0.29) is 5.78 Å². The van der Waals surface area contributed by atoms with E-state index in [1.165, 1.54) is 6.42 Å². The minimum absolute atomic E-state index is 0.269. The van der Waals surface area contributed by atoms with Crippen LogP contribution in [0.15, 0.2) is 23.8 Å². The van der Waals surface area contributed by atoms with Crippen molar-refractivity contribution in [2.24, 2.45) is 17.8 Å². The first kappa shape index (κ1) is 9.70. The molecule has 0 aromatic heterocycles. The summed E-state index contributed by atoms with van der Waals surface area (Å²) in [4.78, 5) is 11.3. The monoisotopic (exact) mass is 190 g/mol. The molecule has 2 aliphatic carbocycles. The van der Waals surface area contributed by atoms with E-state index in [2.05, 4.69) is 25.2 Å². The Morgan fingerprint density at radius 1 is 1.50 bits per heavy atom. The van der Waals surface area contributed by atoms with Gasteiger partial charge in [-0.25, -0.2) is 0 Å². The number of Topliss-reactive ketones (excluding diaryl/α,β-unsaturated/α-hetero) is 1. The molecule has 0 saturated heterocycles. The molecule has 0 unspecified atom stereocenters. The van der Waals surface area contributed by atoms with Gasteiger partial charge in [0.05, 0.1) is 0 Å². The number of hydrogen-bond donors (Lipinski definition) is 0. The molecular formula is C13H18O. The number of ketones is 1. The fourth-order valence-electron chi connectivity index (χ4n) is 2.68. The number of fused-ring (bicyclic) bond motifs is 1. The van der Waals surface area contributed by atoms with Crippen molar-refractivity contribution in [1.29, 1.82) is 0 Å². The van der Waals surface area contributed by atoms with E-state index in [0.717, 1.165) is 18.4 Å². The van der Waals surface area contributed by atoms with Gasteiger partial charge in [0.25, 0.3) is 0 Å². The first-order valence-corrected chi connectivity index (χ1v) is 5.57. The average molecular weight is 190 g/mol. The maximum absolute atomic E-state index is 11.3. The van der Waals surface area contributed by atoms with Gasteiger partial charge in [0, 0.05) is 0 Å². The maximum Gasteiger partial charge on any atom is 0.155 e. The lowest BCUT2D eigenvalue weighted by atomic mass is 9.70. The van der Waals surface area contributed by atoms with Crippen LogP contribution in [0.25, 0.3) is 0 Å². The molecule has 14 heavy (non-hydrogen) atoms. The van der Waals surface area contributed by atoms with E-state index in [9.17, 15) is 4.79 Å². The van der Waals surface area contributed by atoms with E-state index in [0.29, 0.717) is 17.8 Å². The Bertz CT molecular complexity index is 298. The molecule has 0 bridgehead atoms. The van der Waals surface area contributed by atoms with Crippen molar-refractivity contribution >= 4 is 5.78 Å². The lowest BCUT2D eigenvalue weighted by Gasteiger charge is -2.34. The van der Waals surface area contributed by atoms with E-state index >= 15 is 0 Å². The van der Waals surface area contributed by atoms with Gasteiger partial charge >= 0.3 is 0 Å². The Labute approximate surface area is 85.9 Å². The average Bonchev–Trinajstić information content (AvgIpc) is 2.18. The van der Waals surface area contributed by atoms with Gasteiger partial charge < -0.3 is 0 Å². The van der Waals surface area contributed by atoms with Gasteiger partial charge in [0.2, 0.25) is 0 Å². The molecule has 0 N–H and O–H groups in total. The normalized spacial score (nSPS) is 36.1. The van der Waals surface area contributed by atoms with Gasteiger partial charge in [-0.15, -0.1) is 0 Å². The highest BCUT2D eigenvalue weighted by Gasteiger charge is 2.29. The number of hydrogen-bond acceptors (Lipinski definition) is 1. The van der Waals surface area contributed by atoms with Crippen molar-refractivity contribution in [3.63, 3.8) is 0 Å². The van der Waals surface area contributed by atoms with Crippen molar-refractivity contribution in [3.05, 3.63) is 23.8 Å². The highest BCUT2D eigenvalue weighted by atomic mass is 16.1. The zero-order valence-corrected chi connectivity index (χ0v) is 8.99. The van der Waals surface area contributed by atoms with E-state index in [1.807, 2.05) is 0 Å². The zero-order chi connectivity index (χ0) is 10.1. The molecule has 1 nitrogen and oxygen atoms in total. The second-order valence-electron chi connectivity index (χ2n) is 4.67. The second-order valence-corrected chi connectivity index (χ2v) is 4.67. The first-order chi connectivity index (χ1) is 6.68. The molecular weight excluding hydrogens is 172 g/mol. The maximum atomic E-state index is 11.3. The molecule has 76 valence electrons. The topological polar surface area (TPSA) is 17.1 Å². The van der Waals surface area contributed by atoms with Crippen LogP contribution in [0.3, 0.4) is 0 Å². The third-order valence-electron chi connectivity index (χ3n) is 3.64. The van der Waals surface area contributed by atoms with Crippen molar-refractivity contribution in [2.45, 2.75) is 33.1 Å². The molecule has 1 heteroatoms. The fraction of sp³-hybridized carbons (Fsp3) is 0.615. The number of carbonyl (C=O) groups excluding carboxylic acids is 1. The summed E-state index contributed by atoms with van der Waals surface area (Å²) in [5.41, 5.74) is 1.06. The smallest absolute Gasteiger partial charge is 0.155 e. The van der Waals surface area contributed by atoms with Crippen LogP contribution in [0.5, 0.6) is 0 Å². The summed E-state index contributed by atoms with van der Waals surface area (Å²) in [6, 6.07) is 0. The van der Waals surface area contributed by atoms with Crippen LogP contribution in [-0.4, -0.2) is 5.78 Å². The molecule has 0 radical (unpaired) electrons. The summed E-state index contributed by atoms with van der Waals surface area (Å²) in [5.74, 6) is 2.29. The van der Waals surface area contributed by atoms with Crippen LogP contribution in [0.1, 0.15) is 33.1 Å². The van der Waals surface area contributed by atoms with Crippen molar-refractivity contribution in [2.75, 3.05) is 0 Å². The molecule has 0 fully saturated rings. The quantitative estimate of drug-likeness (QED) is 0.581. The van der Waals surface area contributed by atoms with E-state index in [4.69, 9.17) is 0 Å². The molecule has 0 aromatic rings. The third kappa shape index (κ3) is 1.68. The van der Waals surface area contributed by atoms with Gasteiger partial charge in [0.1, 0.15) is 0 Å². The molecule has 0 amide bonds. The first-order valence-electron chi connectivity index (χ1n) is 5.57. The Morgan fingerprint density at radius 2 is 2.29 bits per heavy atom. The van der Waals surface area contributed by atoms with Gasteiger partial charge in [0.15, 0.2) is 5.78 Å². The van der Waals surface area contributed by atoms with Crippen LogP contribution in [-0.2, 0) is 4.79 Å². The van der Waals surface area contributed by atoms with Crippen molar-refractivity contribution in [3.8, 4) is 0 Å². The Kier molecular flexibility index (Phi) is 2.58.